The second-order valence-electron chi connectivity index (χ2n) is 6.94. The number of aromatic nitrogens is 1. The van der Waals surface area contributed by atoms with Crippen molar-refractivity contribution in [1.82, 2.24) is 20.9 Å². The lowest BCUT2D eigenvalue weighted by Crippen LogP contribution is -2.37. The van der Waals surface area contributed by atoms with Crippen LogP contribution < -0.4 is 20.7 Å². The van der Waals surface area contributed by atoms with Gasteiger partial charge in [0.15, 0.2) is 5.96 Å². The number of benzene rings is 2. The molecule has 0 fully saturated rings. The van der Waals surface area contributed by atoms with Gasteiger partial charge in [0, 0.05) is 45.0 Å². The maximum absolute atomic E-state index is 13.0. The van der Waals surface area contributed by atoms with E-state index < -0.39 is 0 Å². The Balaban J connectivity index is 0.00000385. The highest BCUT2D eigenvalue weighted by Gasteiger charge is 2.05. The molecule has 174 valence electrons. The van der Waals surface area contributed by atoms with Gasteiger partial charge in [-0.2, -0.15) is 0 Å². The highest BCUT2D eigenvalue weighted by molar-refractivity contribution is 14.0. The van der Waals surface area contributed by atoms with E-state index in [1.165, 1.54) is 12.1 Å². The first kappa shape index (κ1) is 26.0. The van der Waals surface area contributed by atoms with Crippen molar-refractivity contribution < 1.29 is 13.9 Å². The van der Waals surface area contributed by atoms with Crippen LogP contribution in [0, 0.1) is 5.82 Å². The topological polar surface area (TPSA) is 87.6 Å². The van der Waals surface area contributed by atoms with Crippen molar-refractivity contribution in [2.24, 2.45) is 4.99 Å². The van der Waals surface area contributed by atoms with Crippen LogP contribution in [0.3, 0.4) is 0 Å². The molecule has 0 saturated carbocycles. The van der Waals surface area contributed by atoms with Gasteiger partial charge in [0.2, 0.25) is 5.88 Å². The molecule has 33 heavy (non-hydrogen) atoms. The normalized spacial score (nSPS) is 10.7. The molecule has 3 rings (SSSR count). The predicted molar refractivity (Wildman–Crippen MR) is 138 cm³/mol. The molecule has 0 radical (unpaired) electrons. The van der Waals surface area contributed by atoms with Gasteiger partial charge in [-0.05, 0) is 53.9 Å². The summed E-state index contributed by atoms with van der Waals surface area (Å²) >= 11 is 0. The van der Waals surface area contributed by atoms with Crippen LogP contribution in [0.15, 0.2) is 71.9 Å². The van der Waals surface area contributed by atoms with Crippen LogP contribution in [-0.2, 0) is 13.0 Å². The van der Waals surface area contributed by atoms with Crippen molar-refractivity contribution in [3.63, 3.8) is 0 Å². The molecule has 7 nitrogen and oxygen atoms in total. The van der Waals surface area contributed by atoms with E-state index in [1.807, 2.05) is 24.3 Å². The van der Waals surface area contributed by atoms with Crippen molar-refractivity contribution in [1.29, 1.82) is 0 Å². The Kier molecular flexibility index (Phi) is 10.5. The quantitative estimate of drug-likeness (QED) is 0.220. The number of guanidine groups is 1. The second-order valence-corrected chi connectivity index (χ2v) is 6.94. The molecule has 2 aromatic carbocycles. The molecule has 1 heterocycles. The number of halogens is 2. The maximum Gasteiger partial charge on any atom is 0.251 e. The molecule has 0 spiro atoms. The van der Waals surface area contributed by atoms with Crippen LogP contribution in [-0.4, -0.2) is 37.5 Å². The summed E-state index contributed by atoms with van der Waals surface area (Å²) in [6.45, 7) is 1.20. The summed E-state index contributed by atoms with van der Waals surface area (Å²) in [7, 11) is 3.33. The number of carbonyl (C=O) groups excluding carboxylic acids is 1. The number of aliphatic imine (C=N–C) groups is 1. The van der Waals surface area contributed by atoms with E-state index in [4.69, 9.17) is 4.74 Å². The summed E-state index contributed by atoms with van der Waals surface area (Å²) in [5.41, 5.74) is 2.67. The van der Waals surface area contributed by atoms with Gasteiger partial charge in [-0.3, -0.25) is 9.79 Å². The number of pyridine rings is 1. The van der Waals surface area contributed by atoms with Crippen molar-refractivity contribution in [3.8, 4) is 11.6 Å². The zero-order valence-electron chi connectivity index (χ0n) is 18.5. The van der Waals surface area contributed by atoms with Gasteiger partial charge >= 0.3 is 0 Å². The zero-order chi connectivity index (χ0) is 22.8. The minimum Gasteiger partial charge on any atom is -0.439 e. The Morgan fingerprint density at radius 2 is 1.85 bits per heavy atom. The van der Waals surface area contributed by atoms with E-state index in [1.54, 1.807) is 44.6 Å². The van der Waals surface area contributed by atoms with Crippen molar-refractivity contribution in [2.45, 2.75) is 13.0 Å². The first-order valence-electron chi connectivity index (χ1n) is 10.2. The lowest BCUT2D eigenvalue weighted by molar-refractivity contribution is 0.0963. The number of nitrogens with one attached hydrogen (secondary N) is 3. The summed E-state index contributed by atoms with van der Waals surface area (Å²) in [6.07, 6.45) is 2.46. The lowest BCUT2D eigenvalue weighted by Gasteiger charge is -2.12. The van der Waals surface area contributed by atoms with E-state index in [0.29, 0.717) is 36.2 Å². The van der Waals surface area contributed by atoms with Crippen molar-refractivity contribution in [2.75, 3.05) is 20.6 Å². The first-order chi connectivity index (χ1) is 15.6. The van der Waals surface area contributed by atoms with Crippen molar-refractivity contribution in [3.05, 3.63) is 89.4 Å². The zero-order valence-corrected chi connectivity index (χ0v) is 20.8. The van der Waals surface area contributed by atoms with Crippen LogP contribution >= 0.6 is 24.0 Å². The Morgan fingerprint density at radius 3 is 2.52 bits per heavy atom. The highest BCUT2D eigenvalue weighted by Crippen LogP contribution is 2.19. The molecule has 0 bridgehead atoms. The van der Waals surface area contributed by atoms with Gasteiger partial charge in [-0.15, -0.1) is 24.0 Å². The number of rotatable bonds is 8. The predicted octanol–water partition coefficient (Wildman–Crippen LogP) is 3.90. The molecule has 0 saturated heterocycles. The molecule has 0 aliphatic rings. The number of hydrogen-bond acceptors (Lipinski definition) is 4. The largest absolute Gasteiger partial charge is 0.439 e. The van der Waals surface area contributed by atoms with E-state index in [9.17, 15) is 9.18 Å². The van der Waals surface area contributed by atoms with Crippen LogP contribution in [0.2, 0.25) is 0 Å². The number of hydrogen-bond donors (Lipinski definition) is 3. The minimum atomic E-state index is -0.314. The number of carbonyl (C=O) groups is 1. The molecule has 1 aromatic heterocycles. The fourth-order valence-electron chi connectivity index (χ4n) is 2.94. The van der Waals surface area contributed by atoms with Crippen LogP contribution in [0.4, 0.5) is 4.39 Å². The molecular formula is C24H27FIN5O2. The number of amides is 1. The SMILES string of the molecule is CN=C(NCCc1cccc(C(=O)NC)c1)NCc1ccc(Oc2ccc(F)cc2)nc1.I. The Hall–Kier alpha value is -3.21. The Morgan fingerprint density at radius 1 is 1.06 bits per heavy atom. The van der Waals surface area contributed by atoms with Crippen molar-refractivity contribution >= 4 is 35.8 Å². The molecule has 0 aliphatic heterocycles. The van der Waals surface area contributed by atoms with E-state index in [2.05, 4.69) is 25.9 Å². The molecule has 0 unspecified atom stereocenters. The van der Waals surface area contributed by atoms with Gasteiger partial charge in [-0.25, -0.2) is 9.37 Å². The summed E-state index contributed by atoms with van der Waals surface area (Å²) in [5.74, 6) is 1.21. The third kappa shape index (κ3) is 8.33. The van der Waals surface area contributed by atoms with E-state index in [-0.39, 0.29) is 35.7 Å². The van der Waals surface area contributed by atoms with Gasteiger partial charge in [-0.1, -0.05) is 18.2 Å². The molecule has 0 aliphatic carbocycles. The third-order valence-corrected chi connectivity index (χ3v) is 4.64. The minimum absolute atomic E-state index is 0. The summed E-state index contributed by atoms with van der Waals surface area (Å²) < 4.78 is 18.6. The van der Waals surface area contributed by atoms with Crippen LogP contribution in [0.25, 0.3) is 0 Å². The fraction of sp³-hybridized carbons (Fsp3) is 0.208. The second kappa shape index (κ2) is 13.4. The summed E-state index contributed by atoms with van der Waals surface area (Å²) in [4.78, 5) is 20.3. The number of nitrogens with zero attached hydrogens (tertiary/aromatic N) is 2. The van der Waals surface area contributed by atoms with Gasteiger partial charge in [0.05, 0.1) is 0 Å². The Bertz CT molecular complexity index is 1060. The Labute approximate surface area is 209 Å². The van der Waals surface area contributed by atoms with Crippen LogP contribution in [0.1, 0.15) is 21.5 Å². The van der Waals surface area contributed by atoms with E-state index >= 15 is 0 Å². The molecule has 9 heteroatoms. The van der Waals surface area contributed by atoms with Crippen LogP contribution in [0.5, 0.6) is 11.6 Å². The lowest BCUT2D eigenvalue weighted by atomic mass is 10.1. The van der Waals surface area contributed by atoms with Gasteiger partial charge in [0.1, 0.15) is 11.6 Å². The highest BCUT2D eigenvalue weighted by atomic mass is 127. The smallest absolute Gasteiger partial charge is 0.251 e. The molecule has 3 aromatic rings. The average Bonchev–Trinajstić information content (AvgIpc) is 2.83. The molecular weight excluding hydrogens is 536 g/mol. The summed E-state index contributed by atoms with van der Waals surface area (Å²) in [5, 5.41) is 9.13. The van der Waals surface area contributed by atoms with E-state index in [0.717, 1.165) is 17.5 Å². The fourth-order valence-corrected chi connectivity index (χ4v) is 2.94. The third-order valence-electron chi connectivity index (χ3n) is 4.64. The maximum atomic E-state index is 13.0. The van der Waals surface area contributed by atoms with Gasteiger partial charge in [0.25, 0.3) is 5.91 Å². The first-order valence-corrected chi connectivity index (χ1v) is 10.2. The molecule has 0 atom stereocenters. The standard InChI is InChI=1S/C24H26FN5O2.HI/c1-26-23(31)19-5-3-4-17(14-19)12-13-28-24(27-2)30-16-18-6-11-22(29-15-18)32-21-9-7-20(25)8-10-21;/h3-11,14-15H,12-13,16H2,1-2H3,(H,26,31)(H2,27,28,30);1H. The monoisotopic (exact) mass is 563 g/mol. The molecule has 3 N–H and O–H groups in total. The van der Waals surface area contributed by atoms with Gasteiger partial charge < -0.3 is 20.7 Å². The summed E-state index contributed by atoms with van der Waals surface area (Å²) in [6, 6.07) is 17.0. The molecule has 1 amide bonds. The number of ether oxygens (including phenoxy) is 1. The average molecular weight is 563 g/mol.